The van der Waals surface area contributed by atoms with Gasteiger partial charge in [-0.3, -0.25) is 9.69 Å². The highest BCUT2D eigenvalue weighted by Gasteiger charge is 2.25. The highest BCUT2D eigenvalue weighted by Crippen LogP contribution is 2.29. The lowest BCUT2D eigenvalue weighted by atomic mass is 10.1. The Kier molecular flexibility index (Phi) is 1.73. The summed E-state index contributed by atoms with van der Waals surface area (Å²) < 4.78 is 203. The van der Waals surface area contributed by atoms with Crippen molar-refractivity contribution in [3.8, 4) is 5.75 Å². The number of hydrogen-bond donors (Lipinski definition) is 2. The molecule has 8 heteroatoms. The van der Waals surface area contributed by atoms with E-state index in [1.165, 1.54) is 5.32 Å². The Morgan fingerprint density at radius 2 is 2.44 bits per heavy atom. The summed E-state index contributed by atoms with van der Waals surface area (Å²) in [5.41, 5.74) is -0.986. The van der Waals surface area contributed by atoms with Gasteiger partial charge in [-0.2, -0.15) is 0 Å². The third-order valence-corrected chi connectivity index (χ3v) is 4.07. The summed E-state index contributed by atoms with van der Waals surface area (Å²) in [6.07, 6.45) is -8.35. The first-order chi connectivity index (χ1) is 20.2. The number of nitrogens with zero attached hydrogens (tertiary/aromatic N) is 1. The van der Waals surface area contributed by atoms with Crippen molar-refractivity contribution < 1.29 is 48.1 Å². The molecule has 1 atom stereocenters. The van der Waals surface area contributed by atoms with E-state index in [0.717, 1.165) is 0 Å². The van der Waals surface area contributed by atoms with E-state index in [4.69, 9.17) is 35.9 Å². The molecule has 3 N–H and O–H groups in total. The molecule has 25 heavy (non-hydrogen) atoms. The Balaban J connectivity index is 2.95. The summed E-state index contributed by atoms with van der Waals surface area (Å²) in [4.78, 5) is 11.1. The normalized spacial score (nSPS) is 43.5. The second-order valence-electron chi connectivity index (χ2n) is 4.33. The monoisotopic (exact) mass is 391 g/mol. The molecular formula is C17H27N3O4S. The number of nitrogen functional groups attached to an aromatic ring is 1. The zero-order valence-electron chi connectivity index (χ0n) is 34.2. The van der Waals surface area contributed by atoms with Gasteiger partial charge in [-0.15, -0.1) is 0 Å². The maximum absolute atomic E-state index is 13.5. The van der Waals surface area contributed by atoms with Crippen LogP contribution in [0.25, 0.3) is 0 Å². The van der Waals surface area contributed by atoms with Crippen LogP contribution in [0, 0.1) is 0 Å². The van der Waals surface area contributed by atoms with Gasteiger partial charge in [-0.1, -0.05) is 13.7 Å². The second kappa shape index (κ2) is 8.05. The predicted octanol–water partition coefficient (Wildman–Crippen LogP) is 1.29. The average Bonchev–Trinajstić information content (AvgIpc) is 2.88. The largest absolute Gasteiger partial charge is 0.496 e. The number of anilines is 1. The first-order valence-electron chi connectivity index (χ1n) is 17.2. The number of hydrogen-bond acceptors (Lipinski definition) is 6. The van der Waals surface area contributed by atoms with Gasteiger partial charge in [0.15, 0.2) is 9.84 Å². The van der Waals surface area contributed by atoms with Crippen LogP contribution < -0.4 is 15.8 Å². The van der Waals surface area contributed by atoms with Crippen LogP contribution in [0.1, 0.15) is 67.0 Å². The van der Waals surface area contributed by atoms with Crippen LogP contribution in [0.15, 0.2) is 17.0 Å². The van der Waals surface area contributed by atoms with Crippen LogP contribution in [0.3, 0.4) is 0 Å². The standard InChI is InChI=1S/C17H27N3O4S/c1-4-20-8-6-7-12(20)11-19-17(21)13-9-16(25(22,23)5-2)14(18)10-15(13)24-3/h9-10,12H,4-8,11,18H2,1-3H3,(H,19,21)/i1D3,2D3,3D3,4D2,5D2,6D2,7D2,8D2,11D2,12D. The lowest BCUT2D eigenvalue weighted by Crippen LogP contribution is -2.40. The van der Waals surface area contributed by atoms with Crippen LogP contribution in [-0.4, -0.2) is 57.5 Å². The topological polar surface area (TPSA) is 102 Å². The third-order valence-electron chi connectivity index (χ3n) is 2.87. The zero-order valence-corrected chi connectivity index (χ0v) is 13.0. The first kappa shape index (κ1) is 5.36. The van der Waals surface area contributed by atoms with Crippen LogP contribution in [0.4, 0.5) is 5.69 Å². The summed E-state index contributed by atoms with van der Waals surface area (Å²) in [6, 6.07) is -4.05. The molecule has 0 radical (unpaired) electrons. The van der Waals surface area contributed by atoms with E-state index < -0.39 is 107 Å². The van der Waals surface area contributed by atoms with Gasteiger partial charge >= 0.3 is 0 Å². The number of carbonyl (C=O) groups is 1. The minimum atomic E-state index is -5.75. The molecule has 1 saturated heterocycles. The molecule has 1 aromatic carbocycles. The minimum absolute atomic E-state index is 0.0542. The van der Waals surface area contributed by atoms with Crippen LogP contribution in [-0.2, 0) is 9.84 Å². The van der Waals surface area contributed by atoms with E-state index in [0.29, 0.717) is 6.07 Å². The number of ether oxygens (including phenoxy) is 1. The molecular weight excluding hydrogens is 342 g/mol. The van der Waals surface area contributed by atoms with E-state index in [1.807, 2.05) is 0 Å². The summed E-state index contributed by atoms with van der Waals surface area (Å²) in [7, 11) is -9.23. The number of likely N-dealkylation sites (N-methyl/N-ethyl adjacent to an activating group) is 1. The Morgan fingerprint density at radius 1 is 1.60 bits per heavy atom. The summed E-state index contributed by atoms with van der Waals surface area (Å²) in [6.45, 7) is -20.6. The fourth-order valence-electron chi connectivity index (χ4n) is 1.73. The number of amides is 1. The van der Waals surface area contributed by atoms with Gasteiger partial charge in [0.25, 0.3) is 5.91 Å². The van der Waals surface area contributed by atoms with Crippen molar-refractivity contribution in [1.29, 1.82) is 0 Å². The zero-order chi connectivity index (χ0) is 37.8. The Labute approximate surface area is 180 Å². The number of methoxy groups -OCH3 is 1. The molecule has 1 unspecified atom stereocenters. The van der Waals surface area contributed by atoms with Gasteiger partial charge in [-0.05, 0) is 31.8 Å². The molecule has 0 saturated carbocycles. The Hall–Kier alpha value is -1.80. The summed E-state index contributed by atoms with van der Waals surface area (Å²) in [5, 5.41) is 1.27. The fraction of sp³-hybridized carbons (Fsp3) is 0.588. The van der Waals surface area contributed by atoms with Crippen molar-refractivity contribution >= 4 is 21.4 Å². The number of benzene rings is 1. The number of carbonyl (C=O) groups excluding carboxylic acids is 1. The number of likely N-dealkylation sites (tertiary alicyclic amines) is 1. The van der Waals surface area contributed by atoms with Crippen molar-refractivity contribution in [2.24, 2.45) is 0 Å². The minimum Gasteiger partial charge on any atom is -0.496 e. The molecule has 1 fully saturated rings. The summed E-state index contributed by atoms with van der Waals surface area (Å²) >= 11 is 0. The van der Waals surface area contributed by atoms with Crippen LogP contribution in [0.5, 0.6) is 5.75 Å². The van der Waals surface area contributed by atoms with Crippen LogP contribution >= 0.6 is 0 Å². The molecule has 0 aromatic heterocycles. The molecule has 1 heterocycles. The summed E-state index contributed by atoms with van der Waals surface area (Å²) in [5.74, 6) is -3.30. The third kappa shape index (κ3) is 4.24. The van der Waals surface area contributed by atoms with E-state index in [1.54, 1.807) is 0 Å². The Bertz CT molecular complexity index is 1530. The van der Waals surface area contributed by atoms with Gasteiger partial charge in [0, 0.05) is 41.9 Å². The molecule has 1 aliphatic heterocycles. The predicted molar refractivity (Wildman–Crippen MR) is 97.7 cm³/mol. The quantitative estimate of drug-likeness (QED) is 0.679. The maximum Gasteiger partial charge on any atom is 0.255 e. The van der Waals surface area contributed by atoms with E-state index in [-0.39, 0.29) is 6.07 Å². The van der Waals surface area contributed by atoms with Crippen molar-refractivity contribution in [2.75, 3.05) is 38.0 Å². The first-order valence-corrected chi connectivity index (χ1v) is 7.70. The van der Waals surface area contributed by atoms with E-state index in [9.17, 15) is 13.2 Å². The molecule has 0 bridgehead atoms. The molecule has 2 rings (SSSR count). The second-order valence-corrected chi connectivity index (χ2v) is 5.98. The number of rotatable bonds is 7. The van der Waals surface area contributed by atoms with Crippen molar-refractivity contribution in [2.45, 2.75) is 37.4 Å². The van der Waals surface area contributed by atoms with Gasteiger partial charge in [-0.25, -0.2) is 8.42 Å². The SMILES string of the molecule is [2H]C([2H])([2H])Oc1cc(N)c(S(=O)(=O)C([2H])([2H])C([2H])([2H])[2H])cc1C(=O)NC([2H])([2H])C1([2H])N(C([2H])([2H])C([2H])([2H])[2H])C([2H])([2H])C([2H])([2H])C1([2H])[2H]. The molecule has 1 aliphatic rings. The molecule has 0 spiro atoms. The van der Waals surface area contributed by atoms with E-state index >= 15 is 0 Å². The molecule has 1 aromatic rings. The lowest BCUT2D eigenvalue weighted by Gasteiger charge is -2.23. The van der Waals surface area contributed by atoms with Crippen molar-refractivity contribution in [3.05, 3.63) is 17.7 Å². The molecule has 1 amide bonds. The average molecular weight is 392 g/mol. The van der Waals surface area contributed by atoms with Gasteiger partial charge in [0.2, 0.25) is 0 Å². The fourth-order valence-corrected chi connectivity index (χ4v) is 2.49. The Morgan fingerprint density at radius 3 is 3.16 bits per heavy atom. The number of nitrogens with one attached hydrogen (secondary N) is 1. The van der Waals surface area contributed by atoms with E-state index in [2.05, 4.69) is 4.74 Å². The lowest BCUT2D eigenvalue weighted by molar-refractivity contribution is 0.0938. The molecule has 7 nitrogen and oxygen atoms in total. The molecule has 140 valence electrons. The smallest absolute Gasteiger partial charge is 0.255 e. The van der Waals surface area contributed by atoms with Crippen molar-refractivity contribution in [1.82, 2.24) is 10.2 Å². The van der Waals surface area contributed by atoms with Gasteiger partial charge in [0.05, 0.1) is 35.7 Å². The number of nitrogens with two attached hydrogens (primary N) is 1. The molecule has 0 aliphatic carbocycles. The van der Waals surface area contributed by atoms with Gasteiger partial charge < -0.3 is 15.8 Å². The van der Waals surface area contributed by atoms with Crippen LogP contribution in [0.2, 0.25) is 0 Å². The number of sulfone groups is 1. The van der Waals surface area contributed by atoms with Gasteiger partial charge in [0.1, 0.15) is 5.75 Å². The van der Waals surface area contributed by atoms with Crippen molar-refractivity contribution in [3.63, 3.8) is 0 Å². The maximum atomic E-state index is 13.5. The highest BCUT2D eigenvalue weighted by molar-refractivity contribution is 7.91. The highest BCUT2D eigenvalue weighted by atomic mass is 32.2.